The van der Waals surface area contributed by atoms with Gasteiger partial charge in [-0.1, -0.05) is 60.1 Å². The Kier molecular flexibility index (Phi) is 6.70. The van der Waals surface area contributed by atoms with Crippen LogP contribution in [0.3, 0.4) is 0 Å². The van der Waals surface area contributed by atoms with Gasteiger partial charge in [0.15, 0.2) is 0 Å². The van der Waals surface area contributed by atoms with Gasteiger partial charge in [0, 0.05) is 16.5 Å². The molecule has 0 aliphatic heterocycles. The molecule has 0 aliphatic carbocycles. The lowest BCUT2D eigenvalue weighted by Crippen LogP contribution is -2.22. The third kappa shape index (κ3) is 4.46. The van der Waals surface area contributed by atoms with Crippen LogP contribution in [0.5, 0.6) is 5.75 Å². The molecule has 6 heteroatoms. The topological polar surface area (TPSA) is 56.5 Å². The van der Waals surface area contributed by atoms with Gasteiger partial charge in [-0.3, -0.25) is 4.79 Å². The van der Waals surface area contributed by atoms with Crippen LogP contribution >= 0.6 is 15.9 Å². The van der Waals surface area contributed by atoms with Crippen LogP contribution in [-0.2, 0) is 6.42 Å². The number of fused-ring (bicyclic) bond motifs is 2. The maximum Gasteiger partial charge on any atom is 0.282 e. The molecule has 0 bridgehead atoms. The van der Waals surface area contributed by atoms with Gasteiger partial charge in [-0.05, 0) is 54.8 Å². The van der Waals surface area contributed by atoms with Crippen LogP contribution in [-0.4, -0.2) is 22.0 Å². The monoisotopic (exact) mass is 491 g/mol. The van der Waals surface area contributed by atoms with Crippen LogP contribution < -0.4 is 10.3 Å². The zero-order chi connectivity index (χ0) is 22.7. The molecular weight excluding hydrogens is 466 g/mol. The first-order valence-electron chi connectivity index (χ1n) is 11.0. The number of hydrogen-bond donors (Lipinski definition) is 0. The van der Waals surface area contributed by atoms with E-state index in [0.29, 0.717) is 23.1 Å². The van der Waals surface area contributed by atoms with Gasteiger partial charge < -0.3 is 4.74 Å². The lowest BCUT2D eigenvalue weighted by Gasteiger charge is -2.16. The molecule has 0 radical (unpaired) electrons. The largest absolute Gasteiger partial charge is 0.490 e. The normalized spacial score (nSPS) is 12.6. The lowest BCUT2D eigenvalue weighted by molar-refractivity contribution is 0.217. The summed E-state index contributed by atoms with van der Waals surface area (Å²) >= 11 is 3.45. The number of benzene rings is 3. The molecule has 5 nitrogen and oxygen atoms in total. The number of aromatic nitrogens is 2. The number of aryl methyl sites for hydroxylation is 1. The molecule has 0 saturated carbocycles. The van der Waals surface area contributed by atoms with Crippen LogP contribution in [0.4, 0.5) is 0 Å². The van der Waals surface area contributed by atoms with E-state index in [1.54, 1.807) is 12.3 Å². The average molecular weight is 492 g/mol. The minimum absolute atomic E-state index is 0.0707. The Morgan fingerprint density at radius 3 is 2.72 bits per heavy atom. The molecule has 1 aromatic heterocycles. The van der Waals surface area contributed by atoms with E-state index in [2.05, 4.69) is 40.9 Å². The smallest absolute Gasteiger partial charge is 0.282 e. The first kappa shape index (κ1) is 22.2. The van der Waals surface area contributed by atoms with Crippen LogP contribution in [0.2, 0.25) is 0 Å². The Morgan fingerprint density at radius 2 is 1.94 bits per heavy atom. The molecule has 0 spiro atoms. The van der Waals surface area contributed by atoms with Crippen LogP contribution in [0.15, 0.2) is 69.0 Å². The molecule has 164 valence electrons. The number of ether oxygens (including phenoxy) is 1. The van der Waals surface area contributed by atoms with Gasteiger partial charge in [-0.25, -0.2) is 4.98 Å². The van der Waals surface area contributed by atoms with Gasteiger partial charge in [0.1, 0.15) is 11.6 Å². The Bertz CT molecular complexity index is 1360. The molecule has 32 heavy (non-hydrogen) atoms. The zero-order valence-electron chi connectivity index (χ0n) is 18.5. The van der Waals surface area contributed by atoms with Gasteiger partial charge in [0.2, 0.25) is 0 Å². The highest BCUT2D eigenvalue weighted by atomic mass is 79.9. The van der Waals surface area contributed by atoms with Gasteiger partial charge in [-0.2, -0.15) is 9.78 Å². The van der Waals surface area contributed by atoms with E-state index in [1.807, 2.05) is 49.4 Å². The summed E-state index contributed by atoms with van der Waals surface area (Å²) in [7, 11) is 0. The maximum atomic E-state index is 13.3. The number of nitrogens with zero attached hydrogens (tertiary/aromatic N) is 3. The van der Waals surface area contributed by atoms with E-state index >= 15 is 0 Å². The van der Waals surface area contributed by atoms with Crippen molar-refractivity contribution in [2.45, 2.75) is 46.1 Å². The third-order valence-electron chi connectivity index (χ3n) is 5.49. The third-order valence-corrected chi connectivity index (χ3v) is 5.98. The molecule has 0 saturated heterocycles. The highest BCUT2D eigenvalue weighted by Crippen LogP contribution is 2.28. The number of rotatable bonds is 7. The molecule has 0 unspecified atom stereocenters. The van der Waals surface area contributed by atoms with Crippen molar-refractivity contribution in [1.82, 2.24) is 9.66 Å². The second kappa shape index (κ2) is 9.65. The summed E-state index contributed by atoms with van der Waals surface area (Å²) < 4.78 is 8.44. The fraction of sp³-hybridized carbons (Fsp3) is 0.269. The van der Waals surface area contributed by atoms with E-state index in [4.69, 9.17) is 9.72 Å². The maximum absolute atomic E-state index is 13.3. The van der Waals surface area contributed by atoms with Gasteiger partial charge in [0.05, 0.1) is 23.2 Å². The molecular formula is C26H26BrN3O2. The molecule has 0 amide bonds. The number of hydrogen-bond acceptors (Lipinski definition) is 4. The predicted octanol–water partition coefficient (Wildman–Crippen LogP) is 6.32. The predicted molar refractivity (Wildman–Crippen MR) is 135 cm³/mol. The van der Waals surface area contributed by atoms with Crippen molar-refractivity contribution in [3.63, 3.8) is 0 Å². The van der Waals surface area contributed by atoms with Crippen molar-refractivity contribution in [1.29, 1.82) is 0 Å². The van der Waals surface area contributed by atoms with Crippen LogP contribution in [0.1, 0.15) is 45.0 Å². The quantitative estimate of drug-likeness (QED) is 0.284. The Balaban J connectivity index is 1.90. The van der Waals surface area contributed by atoms with Crippen molar-refractivity contribution in [2.24, 2.45) is 5.10 Å². The molecule has 4 rings (SSSR count). The second-order valence-electron chi connectivity index (χ2n) is 7.84. The van der Waals surface area contributed by atoms with Crippen LogP contribution in [0, 0.1) is 0 Å². The van der Waals surface area contributed by atoms with Crippen molar-refractivity contribution in [2.75, 3.05) is 0 Å². The minimum atomic E-state index is -0.180. The summed E-state index contributed by atoms with van der Waals surface area (Å²) in [5.74, 6) is 1.40. The summed E-state index contributed by atoms with van der Waals surface area (Å²) in [5, 5.41) is 7.29. The average Bonchev–Trinajstić information content (AvgIpc) is 2.80. The highest BCUT2D eigenvalue weighted by Gasteiger charge is 2.13. The second-order valence-corrected chi connectivity index (χ2v) is 8.75. The van der Waals surface area contributed by atoms with Crippen molar-refractivity contribution in [3.05, 3.63) is 80.8 Å². The van der Waals surface area contributed by atoms with E-state index in [9.17, 15) is 4.79 Å². The fourth-order valence-electron chi connectivity index (χ4n) is 3.63. The molecule has 0 N–H and O–H groups in total. The molecule has 4 aromatic rings. The number of halogens is 1. The zero-order valence-corrected chi connectivity index (χ0v) is 20.1. The van der Waals surface area contributed by atoms with Gasteiger partial charge in [-0.15, -0.1) is 0 Å². The minimum Gasteiger partial charge on any atom is -0.490 e. The van der Waals surface area contributed by atoms with Gasteiger partial charge >= 0.3 is 0 Å². The summed E-state index contributed by atoms with van der Waals surface area (Å²) in [5.41, 5.74) is 1.35. The van der Waals surface area contributed by atoms with Crippen molar-refractivity contribution < 1.29 is 4.74 Å². The molecule has 0 aliphatic rings. The summed E-state index contributed by atoms with van der Waals surface area (Å²) in [4.78, 5) is 18.0. The van der Waals surface area contributed by atoms with Crippen molar-refractivity contribution >= 4 is 43.8 Å². The molecule has 0 fully saturated rings. The summed E-state index contributed by atoms with van der Waals surface area (Å²) in [6.45, 7) is 6.20. The summed E-state index contributed by atoms with van der Waals surface area (Å²) in [6, 6.07) is 17.7. The van der Waals surface area contributed by atoms with E-state index in [0.717, 1.165) is 39.4 Å². The lowest BCUT2D eigenvalue weighted by atomic mass is 10.0. The Morgan fingerprint density at radius 1 is 1.12 bits per heavy atom. The Labute approximate surface area is 195 Å². The highest BCUT2D eigenvalue weighted by molar-refractivity contribution is 9.10. The molecule has 3 aromatic carbocycles. The Hall–Kier alpha value is -2.99. The standard InChI is InChI=1S/C26H26BrN3O2/c1-4-8-25-29-23-13-12-19(27)15-21(23)26(31)30(25)28-16-22-20-10-7-6-9-18(20)11-14-24(22)32-17(3)5-2/h6-7,9-17H,4-5,8H2,1-3H3/t17-/m1/s1. The van der Waals surface area contributed by atoms with E-state index < -0.39 is 0 Å². The first-order chi connectivity index (χ1) is 15.5. The molecule has 1 atom stereocenters. The van der Waals surface area contributed by atoms with E-state index in [1.165, 1.54) is 4.68 Å². The van der Waals surface area contributed by atoms with E-state index in [-0.39, 0.29) is 11.7 Å². The van der Waals surface area contributed by atoms with Gasteiger partial charge in [0.25, 0.3) is 5.56 Å². The molecule has 1 heterocycles. The van der Waals surface area contributed by atoms with Crippen molar-refractivity contribution in [3.8, 4) is 5.75 Å². The van der Waals surface area contributed by atoms with Crippen LogP contribution in [0.25, 0.3) is 21.7 Å². The SMILES string of the molecule is CCCc1nc2ccc(Br)cc2c(=O)n1N=Cc1c(O[C@H](C)CC)ccc2ccccc12. The fourth-order valence-corrected chi connectivity index (χ4v) is 3.99. The first-order valence-corrected chi connectivity index (χ1v) is 11.7. The summed E-state index contributed by atoms with van der Waals surface area (Å²) in [6.07, 6.45) is 4.21.